The van der Waals surface area contributed by atoms with Crippen LogP contribution in [-0.4, -0.2) is 53.6 Å². The fourth-order valence-electron chi connectivity index (χ4n) is 2.60. The summed E-state index contributed by atoms with van der Waals surface area (Å²) in [5.41, 5.74) is 1.31. The average molecular weight is 340 g/mol. The molecule has 6 heteroatoms. The van der Waals surface area contributed by atoms with Gasteiger partial charge >= 0.3 is 0 Å². The smallest absolute Gasteiger partial charge is 0.272 e. The molecule has 0 aliphatic carbocycles. The second-order valence-electron chi connectivity index (χ2n) is 6.51. The number of morpholine rings is 1. The highest BCUT2D eigenvalue weighted by Crippen LogP contribution is 2.19. The third-order valence-corrected chi connectivity index (χ3v) is 3.97. The van der Waals surface area contributed by atoms with Gasteiger partial charge in [0.25, 0.3) is 5.91 Å². The lowest BCUT2D eigenvalue weighted by atomic mass is 10.2. The van der Waals surface area contributed by atoms with Crippen molar-refractivity contribution in [1.29, 1.82) is 0 Å². The fraction of sp³-hybridized carbons (Fsp3) is 0.421. The number of hydrogen-bond donors (Lipinski definition) is 1. The van der Waals surface area contributed by atoms with E-state index in [4.69, 9.17) is 4.74 Å². The molecule has 2 heterocycles. The number of hydrogen-bond acceptors (Lipinski definition) is 5. The van der Waals surface area contributed by atoms with E-state index in [0.29, 0.717) is 49.6 Å². The molecular formula is C19H24N4O2. The Morgan fingerprint density at radius 3 is 2.60 bits per heavy atom. The summed E-state index contributed by atoms with van der Waals surface area (Å²) in [5.74, 6) is 1.65. The summed E-state index contributed by atoms with van der Waals surface area (Å²) in [6.45, 7) is 7.38. The maximum absolute atomic E-state index is 12.8. The summed E-state index contributed by atoms with van der Waals surface area (Å²) in [4.78, 5) is 23.7. The third-order valence-electron chi connectivity index (χ3n) is 3.97. The van der Waals surface area contributed by atoms with Crippen LogP contribution in [0.1, 0.15) is 24.3 Å². The Bertz CT molecular complexity index is 713. The normalized spacial score (nSPS) is 14.6. The van der Waals surface area contributed by atoms with Crippen LogP contribution in [0.3, 0.4) is 0 Å². The highest BCUT2D eigenvalue weighted by molar-refractivity contribution is 5.93. The van der Waals surface area contributed by atoms with Gasteiger partial charge in [0.15, 0.2) is 5.82 Å². The zero-order valence-corrected chi connectivity index (χ0v) is 14.7. The van der Waals surface area contributed by atoms with Crippen LogP contribution in [0.25, 0.3) is 11.4 Å². The number of benzene rings is 1. The van der Waals surface area contributed by atoms with E-state index in [1.165, 1.54) is 0 Å². The number of nitrogens with one attached hydrogen (secondary N) is 1. The van der Waals surface area contributed by atoms with Gasteiger partial charge in [-0.3, -0.25) is 4.79 Å². The SMILES string of the molecule is CC(C)CNc1cc(C(=O)N2CCOCC2)nc(-c2ccccc2)n1. The van der Waals surface area contributed by atoms with E-state index >= 15 is 0 Å². The largest absolute Gasteiger partial charge is 0.378 e. The Labute approximate surface area is 148 Å². The van der Waals surface area contributed by atoms with Gasteiger partial charge < -0.3 is 15.0 Å². The second kappa shape index (κ2) is 8.07. The predicted octanol–water partition coefficient (Wildman–Crippen LogP) is 2.68. The monoisotopic (exact) mass is 340 g/mol. The Morgan fingerprint density at radius 2 is 1.92 bits per heavy atom. The van der Waals surface area contributed by atoms with E-state index in [9.17, 15) is 4.79 Å². The van der Waals surface area contributed by atoms with Gasteiger partial charge in [-0.2, -0.15) is 0 Å². The topological polar surface area (TPSA) is 67.4 Å². The quantitative estimate of drug-likeness (QED) is 0.906. The molecule has 6 nitrogen and oxygen atoms in total. The minimum Gasteiger partial charge on any atom is -0.378 e. The molecule has 1 aliphatic heterocycles. The van der Waals surface area contributed by atoms with Crippen molar-refractivity contribution < 1.29 is 9.53 Å². The van der Waals surface area contributed by atoms with E-state index in [1.54, 1.807) is 11.0 Å². The maximum Gasteiger partial charge on any atom is 0.272 e. The first-order chi connectivity index (χ1) is 12.1. The van der Waals surface area contributed by atoms with Crippen molar-refractivity contribution in [1.82, 2.24) is 14.9 Å². The van der Waals surface area contributed by atoms with Crippen LogP contribution in [-0.2, 0) is 4.74 Å². The van der Waals surface area contributed by atoms with Crippen LogP contribution in [0, 0.1) is 5.92 Å². The average Bonchev–Trinajstić information content (AvgIpc) is 2.67. The Balaban J connectivity index is 1.92. The van der Waals surface area contributed by atoms with Crippen LogP contribution >= 0.6 is 0 Å². The molecule has 132 valence electrons. The van der Waals surface area contributed by atoms with Crippen LogP contribution in [0.15, 0.2) is 36.4 Å². The summed E-state index contributed by atoms with van der Waals surface area (Å²) in [6, 6.07) is 11.5. The first kappa shape index (κ1) is 17.4. The zero-order chi connectivity index (χ0) is 17.6. The van der Waals surface area contributed by atoms with E-state index in [2.05, 4.69) is 29.1 Å². The van der Waals surface area contributed by atoms with Crippen molar-refractivity contribution in [2.45, 2.75) is 13.8 Å². The molecule has 1 N–H and O–H groups in total. The molecule has 1 aromatic heterocycles. The molecule has 0 unspecified atom stereocenters. The maximum atomic E-state index is 12.8. The van der Waals surface area contributed by atoms with Gasteiger partial charge in [0.1, 0.15) is 11.5 Å². The molecule has 0 spiro atoms. The van der Waals surface area contributed by atoms with Crippen molar-refractivity contribution in [2.75, 3.05) is 38.2 Å². The number of amides is 1. The van der Waals surface area contributed by atoms with Crippen LogP contribution < -0.4 is 5.32 Å². The predicted molar refractivity (Wildman–Crippen MR) is 97.5 cm³/mol. The first-order valence-electron chi connectivity index (χ1n) is 8.69. The second-order valence-corrected chi connectivity index (χ2v) is 6.51. The van der Waals surface area contributed by atoms with Crippen molar-refractivity contribution >= 4 is 11.7 Å². The minimum absolute atomic E-state index is 0.0736. The molecule has 1 aromatic carbocycles. The number of carbonyl (C=O) groups excluding carboxylic acids is 1. The van der Waals surface area contributed by atoms with E-state index in [0.717, 1.165) is 12.1 Å². The molecule has 1 saturated heterocycles. The van der Waals surface area contributed by atoms with Crippen LogP contribution in [0.5, 0.6) is 0 Å². The lowest BCUT2D eigenvalue weighted by Gasteiger charge is -2.26. The van der Waals surface area contributed by atoms with Gasteiger partial charge in [-0.05, 0) is 5.92 Å². The van der Waals surface area contributed by atoms with Crippen LogP contribution in [0.2, 0.25) is 0 Å². The molecule has 0 bridgehead atoms. The number of ether oxygens (including phenoxy) is 1. The number of aromatic nitrogens is 2. The Hall–Kier alpha value is -2.47. The molecule has 1 aliphatic rings. The number of carbonyl (C=O) groups is 1. The summed E-state index contributed by atoms with van der Waals surface area (Å²) < 4.78 is 5.33. The minimum atomic E-state index is -0.0736. The number of anilines is 1. The lowest BCUT2D eigenvalue weighted by Crippen LogP contribution is -2.41. The van der Waals surface area contributed by atoms with Crippen molar-refractivity contribution in [2.24, 2.45) is 5.92 Å². The van der Waals surface area contributed by atoms with Gasteiger partial charge in [0, 0.05) is 31.3 Å². The zero-order valence-electron chi connectivity index (χ0n) is 14.7. The lowest BCUT2D eigenvalue weighted by molar-refractivity contribution is 0.0299. The Kier molecular flexibility index (Phi) is 5.60. The molecule has 0 saturated carbocycles. The summed E-state index contributed by atoms with van der Waals surface area (Å²) in [5, 5.41) is 3.31. The highest BCUT2D eigenvalue weighted by Gasteiger charge is 2.21. The fourth-order valence-corrected chi connectivity index (χ4v) is 2.60. The van der Waals surface area contributed by atoms with Gasteiger partial charge in [0.2, 0.25) is 0 Å². The van der Waals surface area contributed by atoms with E-state index in [-0.39, 0.29) is 5.91 Å². The van der Waals surface area contributed by atoms with Crippen LogP contribution in [0.4, 0.5) is 5.82 Å². The Morgan fingerprint density at radius 1 is 1.20 bits per heavy atom. The third kappa shape index (κ3) is 4.54. The molecular weight excluding hydrogens is 316 g/mol. The number of rotatable bonds is 5. The van der Waals surface area contributed by atoms with Gasteiger partial charge in [0.05, 0.1) is 13.2 Å². The number of nitrogens with zero attached hydrogens (tertiary/aromatic N) is 3. The van der Waals surface area contributed by atoms with Gasteiger partial charge in [-0.15, -0.1) is 0 Å². The molecule has 0 radical (unpaired) electrons. The van der Waals surface area contributed by atoms with E-state index < -0.39 is 0 Å². The molecule has 25 heavy (non-hydrogen) atoms. The summed E-state index contributed by atoms with van der Waals surface area (Å²) >= 11 is 0. The van der Waals surface area contributed by atoms with Gasteiger partial charge in [-0.1, -0.05) is 44.2 Å². The molecule has 1 fully saturated rings. The standard InChI is InChI=1S/C19H24N4O2/c1-14(2)13-20-17-12-16(19(24)23-8-10-25-11-9-23)21-18(22-17)15-6-4-3-5-7-15/h3-7,12,14H,8-11,13H2,1-2H3,(H,20,21,22). The molecule has 3 rings (SSSR count). The molecule has 1 amide bonds. The van der Waals surface area contributed by atoms with E-state index in [1.807, 2.05) is 30.3 Å². The van der Waals surface area contributed by atoms with Gasteiger partial charge in [-0.25, -0.2) is 9.97 Å². The first-order valence-corrected chi connectivity index (χ1v) is 8.69. The highest BCUT2D eigenvalue weighted by atomic mass is 16.5. The summed E-state index contributed by atoms with van der Waals surface area (Å²) in [6.07, 6.45) is 0. The molecule has 2 aromatic rings. The van der Waals surface area contributed by atoms with Crippen molar-refractivity contribution in [3.63, 3.8) is 0 Å². The molecule has 0 atom stereocenters. The van der Waals surface area contributed by atoms with Crippen molar-refractivity contribution in [3.05, 3.63) is 42.1 Å². The summed E-state index contributed by atoms with van der Waals surface area (Å²) in [7, 11) is 0. The van der Waals surface area contributed by atoms with Crippen molar-refractivity contribution in [3.8, 4) is 11.4 Å².